The minimum Gasteiger partial charge on any atom is -0.481 e. The third kappa shape index (κ3) is 2.47. The van der Waals surface area contributed by atoms with Crippen molar-refractivity contribution in [2.45, 2.75) is 44.6 Å². The Morgan fingerprint density at radius 1 is 1.21 bits per heavy atom. The summed E-state index contributed by atoms with van der Waals surface area (Å²) in [6.07, 6.45) is 6.42. The van der Waals surface area contributed by atoms with Crippen molar-refractivity contribution in [1.82, 2.24) is 0 Å². The molecule has 0 aliphatic heterocycles. The molecule has 0 heterocycles. The van der Waals surface area contributed by atoms with Crippen LogP contribution in [0.5, 0.6) is 0 Å². The van der Waals surface area contributed by atoms with Crippen LogP contribution in [0.15, 0.2) is 0 Å². The summed E-state index contributed by atoms with van der Waals surface area (Å²) in [5, 5.41) is 9.01. The van der Waals surface area contributed by atoms with Crippen molar-refractivity contribution in [2.24, 2.45) is 11.8 Å². The molecular weight excluding hydrogens is 180 g/mol. The van der Waals surface area contributed by atoms with Gasteiger partial charge in [-0.2, -0.15) is 0 Å². The molecule has 14 heavy (non-hydrogen) atoms. The van der Waals surface area contributed by atoms with Crippen LogP contribution < -0.4 is 0 Å². The van der Waals surface area contributed by atoms with Gasteiger partial charge in [-0.05, 0) is 31.6 Å². The molecule has 2 saturated carbocycles. The molecule has 0 amide bonds. The van der Waals surface area contributed by atoms with Crippen molar-refractivity contribution in [3.63, 3.8) is 0 Å². The summed E-state index contributed by atoms with van der Waals surface area (Å²) in [5.41, 5.74) is 0. The van der Waals surface area contributed by atoms with Crippen LogP contribution in [-0.4, -0.2) is 23.8 Å². The van der Waals surface area contributed by atoms with E-state index in [4.69, 9.17) is 9.84 Å². The van der Waals surface area contributed by atoms with Gasteiger partial charge in [0, 0.05) is 6.61 Å². The Morgan fingerprint density at radius 3 is 2.57 bits per heavy atom. The highest BCUT2D eigenvalue weighted by molar-refractivity contribution is 5.70. The first kappa shape index (κ1) is 9.97. The molecular formula is C11H18O3. The van der Waals surface area contributed by atoms with Gasteiger partial charge in [0.15, 0.2) is 0 Å². The van der Waals surface area contributed by atoms with Crippen LogP contribution in [0.4, 0.5) is 0 Å². The highest BCUT2D eigenvalue weighted by Gasteiger charge is 2.33. The average molecular weight is 198 g/mol. The summed E-state index contributed by atoms with van der Waals surface area (Å²) >= 11 is 0. The molecule has 0 saturated heterocycles. The molecule has 2 aliphatic carbocycles. The van der Waals surface area contributed by atoms with Gasteiger partial charge in [0.1, 0.15) is 0 Å². The third-order valence-electron chi connectivity index (χ3n) is 3.26. The molecule has 0 radical (unpaired) electrons. The van der Waals surface area contributed by atoms with E-state index in [1.807, 2.05) is 0 Å². The molecule has 2 atom stereocenters. The van der Waals surface area contributed by atoms with E-state index in [1.165, 1.54) is 12.8 Å². The maximum Gasteiger partial charge on any atom is 0.309 e. The molecule has 3 heteroatoms. The Labute approximate surface area is 84.4 Å². The van der Waals surface area contributed by atoms with Gasteiger partial charge in [0.2, 0.25) is 0 Å². The second kappa shape index (κ2) is 4.30. The van der Waals surface area contributed by atoms with Gasteiger partial charge in [-0.3, -0.25) is 4.79 Å². The fourth-order valence-corrected chi connectivity index (χ4v) is 2.12. The normalized spacial score (nSPS) is 32.9. The minimum absolute atomic E-state index is 0.0122. The second-order valence-corrected chi connectivity index (χ2v) is 4.54. The topological polar surface area (TPSA) is 46.5 Å². The number of rotatable bonds is 4. The largest absolute Gasteiger partial charge is 0.481 e. The minimum atomic E-state index is -0.675. The summed E-state index contributed by atoms with van der Waals surface area (Å²) in [7, 11) is 0. The van der Waals surface area contributed by atoms with E-state index in [9.17, 15) is 4.79 Å². The van der Waals surface area contributed by atoms with Gasteiger partial charge < -0.3 is 9.84 Å². The molecule has 2 unspecified atom stereocenters. The molecule has 1 N–H and O–H groups in total. The number of carbonyl (C=O) groups is 1. The molecule has 80 valence electrons. The van der Waals surface area contributed by atoms with Crippen LogP contribution in [0.3, 0.4) is 0 Å². The molecule has 2 rings (SSSR count). The van der Waals surface area contributed by atoms with E-state index in [0.717, 1.165) is 38.2 Å². The van der Waals surface area contributed by atoms with Gasteiger partial charge in [0.25, 0.3) is 0 Å². The maximum atomic E-state index is 10.9. The zero-order valence-corrected chi connectivity index (χ0v) is 8.45. The Balaban J connectivity index is 1.81. The van der Waals surface area contributed by atoms with E-state index in [-0.39, 0.29) is 12.0 Å². The molecule has 0 aromatic carbocycles. The first-order chi connectivity index (χ1) is 6.77. The highest BCUT2D eigenvalue weighted by Crippen LogP contribution is 2.32. The van der Waals surface area contributed by atoms with Crippen molar-refractivity contribution in [3.05, 3.63) is 0 Å². The van der Waals surface area contributed by atoms with Gasteiger partial charge in [-0.15, -0.1) is 0 Å². The molecule has 0 aromatic heterocycles. The summed E-state index contributed by atoms with van der Waals surface area (Å²) in [4.78, 5) is 10.9. The lowest BCUT2D eigenvalue weighted by Crippen LogP contribution is -2.34. The van der Waals surface area contributed by atoms with E-state index < -0.39 is 5.97 Å². The smallest absolute Gasteiger partial charge is 0.309 e. The van der Waals surface area contributed by atoms with Crippen LogP contribution in [0, 0.1) is 11.8 Å². The van der Waals surface area contributed by atoms with E-state index in [0.29, 0.717) is 0 Å². The lowest BCUT2D eigenvalue weighted by molar-refractivity contribution is -0.150. The first-order valence-electron chi connectivity index (χ1n) is 5.62. The van der Waals surface area contributed by atoms with Crippen LogP contribution >= 0.6 is 0 Å². The van der Waals surface area contributed by atoms with Crippen LogP contribution in [0.25, 0.3) is 0 Å². The van der Waals surface area contributed by atoms with Crippen molar-refractivity contribution in [3.8, 4) is 0 Å². The Kier molecular flexibility index (Phi) is 3.06. The summed E-state index contributed by atoms with van der Waals surface area (Å²) in [6.45, 7) is 0.786. The Hall–Kier alpha value is -0.570. The van der Waals surface area contributed by atoms with Crippen molar-refractivity contribution < 1.29 is 14.6 Å². The van der Waals surface area contributed by atoms with E-state index >= 15 is 0 Å². The number of carboxylic acid groups (broad SMARTS) is 1. The number of aliphatic carboxylic acids is 1. The predicted octanol–water partition coefficient (Wildman–Crippen LogP) is 2.06. The zero-order valence-electron chi connectivity index (χ0n) is 8.45. The van der Waals surface area contributed by atoms with Crippen LogP contribution in [-0.2, 0) is 9.53 Å². The number of hydrogen-bond acceptors (Lipinski definition) is 2. The molecule has 0 spiro atoms. The van der Waals surface area contributed by atoms with Crippen LogP contribution in [0.2, 0.25) is 0 Å². The lowest BCUT2D eigenvalue weighted by Gasteiger charge is -2.28. The Bertz CT molecular complexity index is 211. The Morgan fingerprint density at radius 2 is 1.93 bits per heavy atom. The van der Waals surface area contributed by atoms with Crippen LogP contribution in [0.1, 0.15) is 38.5 Å². The van der Waals surface area contributed by atoms with Gasteiger partial charge in [0.05, 0.1) is 12.0 Å². The fraction of sp³-hybridized carbons (Fsp3) is 0.909. The zero-order chi connectivity index (χ0) is 9.97. The monoisotopic (exact) mass is 198 g/mol. The number of ether oxygens (including phenoxy) is 1. The maximum absolute atomic E-state index is 10.9. The highest BCUT2D eigenvalue weighted by atomic mass is 16.5. The fourth-order valence-electron chi connectivity index (χ4n) is 2.12. The van der Waals surface area contributed by atoms with Gasteiger partial charge in [-0.25, -0.2) is 0 Å². The molecule has 2 fully saturated rings. The van der Waals surface area contributed by atoms with Crippen molar-refractivity contribution in [1.29, 1.82) is 0 Å². The number of carboxylic acids is 1. The SMILES string of the molecule is O=C(O)C1CCCCC1OCC1CC1. The number of hydrogen-bond donors (Lipinski definition) is 1. The predicted molar refractivity (Wildman–Crippen MR) is 52.1 cm³/mol. The van der Waals surface area contributed by atoms with Gasteiger partial charge >= 0.3 is 5.97 Å². The summed E-state index contributed by atoms with van der Waals surface area (Å²) in [5.74, 6) is -0.195. The third-order valence-corrected chi connectivity index (χ3v) is 3.26. The lowest BCUT2D eigenvalue weighted by atomic mass is 9.86. The molecule has 0 aromatic rings. The van der Waals surface area contributed by atoms with Crippen molar-refractivity contribution in [2.75, 3.05) is 6.61 Å². The van der Waals surface area contributed by atoms with E-state index in [1.54, 1.807) is 0 Å². The average Bonchev–Trinajstić information content (AvgIpc) is 2.98. The second-order valence-electron chi connectivity index (χ2n) is 4.54. The quantitative estimate of drug-likeness (QED) is 0.752. The molecule has 0 bridgehead atoms. The summed E-state index contributed by atoms with van der Waals surface area (Å²) in [6, 6.07) is 0. The standard InChI is InChI=1S/C11H18O3/c12-11(13)9-3-1-2-4-10(9)14-7-8-5-6-8/h8-10H,1-7H2,(H,12,13). The summed E-state index contributed by atoms with van der Waals surface area (Å²) < 4.78 is 5.70. The first-order valence-corrected chi connectivity index (χ1v) is 5.62. The molecule has 3 nitrogen and oxygen atoms in total. The van der Waals surface area contributed by atoms with E-state index in [2.05, 4.69) is 0 Å². The van der Waals surface area contributed by atoms with Gasteiger partial charge in [-0.1, -0.05) is 12.8 Å². The van der Waals surface area contributed by atoms with Crippen molar-refractivity contribution >= 4 is 5.97 Å². The molecule has 2 aliphatic rings.